The van der Waals surface area contributed by atoms with E-state index in [1.807, 2.05) is 0 Å². The predicted molar refractivity (Wildman–Crippen MR) is 141 cm³/mol. The Morgan fingerprint density at radius 3 is 2.64 bits per heavy atom. The van der Waals surface area contributed by atoms with E-state index in [2.05, 4.69) is 37.4 Å². The fourth-order valence-corrected chi connectivity index (χ4v) is 3.41. The van der Waals surface area contributed by atoms with Gasteiger partial charge < -0.3 is 15.4 Å². The van der Waals surface area contributed by atoms with Gasteiger partial charge >= 0.3 is 6.18 Å². The lowest BCUT2D eigenvalue weighted by Crippen LogP contribution is -2.17. The number of aryl methyl sites for hydroxylation is 1. The van der Waals surface area contributed by atoms with Crippen LogP contribution < -0.4 is 10.6 Å². The van der Waals surface area contributed by atoms with Crippen LogP contribution in [0.4, 0.5) is 28.9 Å². The second-order valence-corrected chi connectivity index (χ2v) is 8.42. The summed E-state index contributed by atoms with van der Waals surface area (Å²) in [5, 5.41) is 9.49. The minimum Gasteiger partial charge on any atom is -0.383 e. The van der Waals surface area contributed by atoms with Crippen molar-refractivity contribution in [2.75, 3.05) is 24.4 Å². The molecule has 0 spiro atoms. The van der Waals surface area contributed by atoms with Crippen molar-refractivity contribution >= 4 is 35.5 Å². The average molecular weight is 546 g/mol. The van der Waals surface area contributed by atoms with Crippen LogP contribution in [-0.2, 0) is 28.7 Å². The summed E-state index contributed by atoms with van der Waals surface area (Å²) in [5.41, 5.74) is 0.535. The van der Waals surface area contributed by atoms with Crippen LogP contribution in [0.25, 0.3) is 5.57 Å². The average Bonchev–Trinajstić information content (AvgIpc) is 3.33. The summed E-state index contributed by atoms with van der Waals surface area (Å²) in [7, 11) is 1.60. The second-order valence-electron chi connectivity index (χ2n) is 8.42. The van der Waals surface area contributed by atoms with Gasteiger partial charge in [0.05, 0.1) is 48.9 Å². The smallest absolute Gasteiger partial charge is 0.383 e. The molecule has 2 N–H and O–H groups in total. The molecule has 1 aromatic carbocycles. The highest BCUT2D eigenvalue weighted by Crippen LogP contribution is 2.32. The third kappa shape index (κ3) is 8.30. The van der Waals surface area contributed by atoms with Crippen LogP contribution in [0.5, 0.6) is 0 Å². The van der Waals surface area contributed by atoms with Gasteiger partial charge in [-0.3, -0.25) is 14.5 Å². The fraction of sp³-hybridized carbons (Fsp3) is 0.269. The largest absolute Gasteiger partial charge is 0.418 e. The van der Waals surface area contributed by atoms with Crippen molar-refractivity contribution in [2.45, 2.75) is 33.0 Å². The zero-order valence-corrected chi connectivity index (χ0v) is 21.5. The summed E-state index contributed by atoms with van der Waals surface area (Å²) < 4.78 is 60.7. The number of carbonyl (C=O) groups excluding carboxylic acids is 1. The van der Waals surface area contributed by atoms with E-state index in [0.717, 1.165) is 12.3 Å². The van der Waals surface area contributed by atoms with Gasteiger partial charge in [0.15, 0.2) is 0 Å². The molecule has 39 heavy (non-hydrogen) atoms. The Kier molecular flexibility index (Phi) is 9.66. The number of amides is 1. The monoisotopic (exact) mass is 545 g/mol. The molecule has 0 aliphatic heterocycles. The number of guanidine groups is 1. The number of pyridine rings is 1. The lowest BCUT2D eigenvalue weighted by molar-refractivity contribution is -0.138. The van der Waals surface area contributed by atoms with Gasteiger partial charge in [-0.2, -0.15) is 18.3 Å². The standard InChI is InChI=1S/C26H27F4N7O2/c1-16(12-33-25(31-3)36-21-14-34-37(15-21)7-8-39-4)18-5-6-19(23(27)9-18)10-24(38)35-20-11-22(26(28,29)30)17(2)32-13-20/h5-6,9,11-15H,3,7-8,10H2,1-2,4H3,(H,33,36)(H,35,38)/b16-12+. The Labute approximate surface area is 222 Å². The Balaban J connectivity index is 1.66. The second kappa shape index (κ2) is 12.9. The Hall–Kier alpha value is -4.39. The van der Waals surface area contributed by atoms with Gasteiger partial charge in [0, 0.05) is 25.2 Å². The van der Waals surface area contributed by atoms with E-state index in [1.54, 1.807) is 37.2 Å². The molecule has 0 saturated heterocycles. The molecule has 1 amide bonds. The predicted octanol–water partition coefficient (Wildman–Crippen LogP) is 5.10. The number of nitrogens with zero attached hydrogens (tertiary/aromatic N) is 5. The molecule has 0 unspecified atom stereocenters. The van der Waals surface area contributed by atoms with Crippen molar-refractivity contribution < 1.29 is 27.1 Å². The van der Waals surface area contributed by atoms with Crippen molar-refractivity contribution in [3.63, 3.8) is 0 Å². The molecule has 206 valence electrons. The molecule has 0 aliphatic rings. The molecule has 2 aromatic heterocycles. The molecule has 0 saturated carbocycles. The Bertz CT molecular complexity index is 1400. The third-order valence-electron chi connectivity index (χ3n) is 5.48. The summed E-state index contributed by atoms with van der Waals surface area (Å²) in [4.78, 5) is 24.1. The van der Waals surface area contributed by atoms with E-state index in [0.29, 0.717) is 30.0 Å². The van der Waals surface area contributed by atoms with Gasteiger partial charge in [-0.05, 0) is 49.4 Å². The lowest BCUT2D eigenvalue weighted by Gasteiger charge is -2.12. The highest BCUT2D eigenvalue weighted by atomic mass is 19.4. The number of benzene rings is 1. The van der Waals surface area contributed by atoms with Crippen molar-refractivity contribution in [1.29, 1.82) is 0 Å². The van der Waals surface area contributed by atoms with Gasteiger partial charge in [0.1, 0.15) is 5.82 Å². The molecular weight excluding hydrogens is 518 g/mol. The molecule has 0 aliphatic carbocycles. The van der Waals surface area contributed by atoms with E-state index >= 15 is 0 Å². The van der Waals surface area contributed by atoms with Crippen molar-refractivity contribution in [1.82, 2.24) is 14.8 Å². The van der Waals surface area contributed by atoms with Gasteiger partial charge in [-0.1, -0.05) is 12.1 Å². The number of hydrogen-bond donors (Lipinski definition) is 2. The number of nitrogens with one attached hydrogen (secondary N) is 2. The summed E-state index contributed by atoms with van der Waals surface area (Å²) in [6, 6.07) is 5.08. The highest BCUT2D eigenvalue weighted by molar-refractivity contribution is 5.97. The van der Waals surface area contributed by atoms with Gasteiger partial charge in [-0.15, -0.1) is 0 Å². The highest BCUT2D eigenvalue weighted by Gasteiger charge is 2.33. The van der Waals surface area contributed by atoms with Gasteiger partial charge in [0.25, 0.3) is 0 Å². The molecule has 0 fully saturated rings. The number of rotatable bonds is 9. The zero-order valence-electron chi connectivity index (χ0n) is 21.5. The number of carbonyl (C=O) groups is 1. The first-order valence-corrected chi connectivity index (χ1v) is 11.6. The van der Waals surface area contributed by atoms with Gasteiger partial charge in [-0.25, -0.2) is 14.4 Å². The molecule has 3 rings (SSSR count). The molecule has 2 heterocycles. The fourth-order valence-electron chi connectivity index (χ4n) is 3.41. The minimum absolute atomic E-state index is 0.0734. The number of allylic oxidation sites excluding steroid dienone is 1. The maximum Gasteiger partial charge on any atom is 0.418 e. The summed E-state index contributed by atoms with van der Waals surface area (Å²) in [6.45, 7) is 7.52. The molecule has 3 aromatic rings. The molecule has 0 bridgehead atoms. The minimum atomic E-state index is -4.61. The molecule has 0 radical (unpaired) electrons. The van der Waals surface area contributed by atoms with E-state index in [4.69, 9.17) is 4.74 Å². The number of aromatic nitrogens is 3. The van der Waals surface area contributed by atoms with Crippen LogP contribution in [0.15, 0.2) is 59.0 Å². The van der Waals surface area contributed by atoms with E-state index in [9.17, 15) is 22.4 Å². The molecule has 0 atom stereocenters. The first kappa shape index (κ1) is 29.2. The normalized spacial score (nSPS) is 12.4. The number of anilines is 2. The van der Waals surface area contributed by atoms with Crippen LogP contribution in [0.2, 0.25) is 0 Å². The number of alkyl halides is 3. The maximum atomic E-state index is 14.8. The van der Waals surface area contributed by atoms with E-state index < -0.39 is 23.5 Å². The quantitative estimate of drug-likeness (QED) is 0.221. The third-order valence-corrected chi connectivity index (χ3v) is 5.48. The van der Waals surface area contributed by atoms with Crippen LogP contribution in [0.1, 0.15) is 29.3 Å². The topological polar surface area (TPSA) is 106 Å². The van der Waals surface area contributed by atoms with Gasteiger partial charge in [0.2, 0.25) is 11.9 Å². The summed E-state index contributed by atoms with van der Waals surface area (Å²) >= 11 is 0. The zero-order chi connectivity index (χ0) is 28.6. The van der Waals surface area contributed by atoms with Crippen LogP contribution in [0, 0.1) is 12.7 Å². The maximum absolute atomic E-state index is 14.8. The lowest BCUT2D eigenvalue weighted by atomic mass is 10.0. The number of halogens is 4. The number of hydrogen-bond acceptors (Lipinski definition) is 5. The Morgan fingerprint density at radius 1 is 1.21 bits per heavy atom. The molecular formula is C26H27F4N7O2. The number of ether oxygens (including phenoxy) is 1. The van der Waals surface area contributed by atoms with Crippen molar-refractivity contribution in [3.05, 3.63) is 77.3 Å². The van der Waals surface area contributed by atoms with Crippen LogP contribution in [0.3, 0.4) is 0 Å². The van der Waals surface area contributed by atoms with E-state index in [1.165, 1.54) is 25.3 Å². The van der Waals surface area contributed by atoms with E-state index in [-0.39, 0.29) is 29.3 Å². The van der Waals surface area contributed by atoms with Crippen molar-refractivity contribution in [3.8, 4) is 0 Å². The van der Waals surface area contributed by atoms with Crippen molar-refractivity contribution in [2.24, 2.45) is 9.98 Å². The first-order chi connectivity index (χ1) is 18.5. The molecule has 13 heteroatoms. The SMILES string of the molecule is C=NC(=N/C=C(\C)c1ccc(CC(=O)Nc2cnc(C)c(C(F)(F)F)c2)c(F)c1)Nc1cnn(CCOC)c1. The van der Waals surface area contributed by atoms with Crippen LogP contribution >= 0.6 is 0 Å². The van der Waals surface area contributed by atoms with Crippen LogP contribution in [-0.4, -0.2) is 47.1 Å². The summed E-state index contributed by atoms with van der Waals surface area (Å²) in [6.07, 6.45) is 0.962. The number of aliphatic imine (C=N–C) groups is 2. The number of methoxy groups -OCH3 is 1. The first-order valence-electron chi connectivity index (χ1n) is 11.6. The Morgan fingerprint density at radius 2 is 1.97 bits per heavy atom. The molecule has 9 nitrogen and oxygen atoms in total. The summed E-state index contributed by atoms with van der Waals surface area (Å²) in [5.74, 6) is -1.13.